The van der Waals surface area contributed by atoms with E-state index in [4.69, 9.17) is 4.74 Å². The summed E-state index contributed by atoms with van der Waals surface area (Å²) in [5.74, 6) is 1.80. The lowest BCUT2D eigenvalue weighted by Gasteiger charge is -2.07. The quantitative estimate of drug-likeness (QED) is 0.792. The predicted molar refractivity (Wildman–Crippen MR) is 84.6 cm³/mol. The molecule has 1 aromatic heterocycles. The molecule has 1 heterocycles. The number of aryl methyl sites for hydroxylation is 1. The molecule has 0 bridgehead atoms. The Bertz CT molecular complexity index is 679. The van der Waals surface area contributed by atoms with E-state index in [1.54, 1.807) is 18.7 Å². The number of hydrogen-bond acceptors (Lipinski definition) is 4. The second kappa shape index (κ2) is 7.85. The molecule has 0 saturated carbocycles. The van der Waals surface area contributed by atoms with Gasteiger partial charge in [-0.3, -0.25) is 14.3 Å². The fourth-order valence-corrected chi connectivity index (χ4v) is 2.57. The molecule has 0 radical (unpaired) electrons. The van der Waals surface area contributed by atoms with Gasteiger partial charge in [0, 0.05) is 23.3 Å². The second-order valence-electron chi connectivity index (χ2n) is 4.62. The first-order chi connectivity index (χ1) is 10.2. The van der Waals surface area contributed by atoms with E-state index in [1.807, 2.05) is 18.2 Å². The highest BCUT2D eigenvalue weighted by Crippen LogP contribution is 2.11. The first-order valence-electron chi connectivity index (χ1n) is 6.66. The molecule has 0 saturated heterocycles. The van der Waals surface area contributed by atoms with Crippen molar-refractivity contribution in [2.75, 3.05) is 12.4 Å². The zero-order chi connectivity index (χ0) is 15.1. The molecule has 1 N–H and O–H groups in total. The van der Waals surface area contributed by atoms with Crippen molar-refractivity contribution in [2.45, 2.75) is 19.4 Å². The standard InChI is InChI=1S/C15H18N2O3S/c1-12-9-17(15(19)16-14(12)18)11-20-7-8-21-10-13-5-3-2-4-6-13/h2-6,9H,7-8,10-11H2,1H3,(H,16,18,19). The SMILES string of the molecule is Cc1cn(COCCSCc2ccccc2)c(=O)[nH]c1=O. The molecule has 112 valence electrons. The maximum absolute atomic E-state index is 11.5. The summed E-state index contributed by atoms with van der Waals surface area (Å²) < 4.78 is 6.81. The van der Waals surface area contributed by atoms with E-state index in [9.17, 15) is 9.59 Å². The number of aromatic amines is 1. The molecule has 0 spiro atoms. The third-order valence-corrected chi connectivity index (χ3v) is 3.90. The molecule has 5 nitrogen and oxygen atoms in total. The Balaban J connectivity index is 1.69. The summed E-state index contributed by atoms with van der Waals surface area (Å²) in [5, 5.41) is 0. The predicted octanol–water partition coefficient (Wildman–Crippen LogP) is 1.75. The van der Waals surface area contributed by atoms with Crippen molar-refractivity contribution < 1.29 is 4.74 Å². The van der Waals surface area contributed by atoms with E-state index in [-0.39, 0.29) is 12.3 Å². The lowest BCUT2D eigenvalue weighted by Crippen LogP contribution is -2.31. The van der Waals surface area contributed by atoms with Crippen molar-refractivity contribution in [3.05, 3.63) is 68.5 Å². The summed E-state index contributed by atoms with van der Waals surface area (Å²) >= 11 is 1.78. The van der Waals surface area contributed by atoms with Crippen LogP contribution in [0.5, 0.6) is 0 Å². The molecule has 21 heavy (non-hydrogen) atoms. The Kier molecular flexibility index (Phi) is 5.83. The van der Waals surface area contributed by atoms with Crippen LogP contribution >= 0.6 is 11.8 Å². The zero-order valence-electron chi connectivity index (χ0n) is 11.9. The Morgan fingerprint density at radius 1 is 1.24 bits per heavy atom. The molecule has 1 aromatic carbocycles. The van der Waals surface area contributed by atoms with Crippen LogP contribution in [0.2, 0.25) is 0 Å². The van der Waals surface area contributed by atoms with Crippen LogP contribution in [0.25, 0.3) is 0 Å². The number of rotatable bonds is 7. The van der Waals surface area contributed by atoms with Gasteiger partial charge in [-0.1, -0.05) is 30.3 Å². The highest BCUT2D eigenvalue weighted by Gasteiger charge is 2.00. The number of nitrogens with one attached hydrogen (secondary N) is 1. The molecular formula is C15H18N2O3S. The molecule has 0 aliphatic carbocycles. The number of benzene rings is 1. The molecule has 0 atom stereocenters. The first kappa shape index (κ1) is 15.6. The van der Waals surface area contributed by atoms with Gasteiger partial charge >= 0.3 is 5.69 Å². The van der Waals surface area contributed by atoms with Gasteiger partial charge in [0.05, 0.1) is 6.61 Å². The molecule has 6 heteroatoms. The minimum Gasteiger partial charge on any atom is -0.360 e. The maximum Gasteiger partial charge on any atom is 0.330 e. The van der Waals surface area contributed by atoms with E-state index in [0.29, 0.717) is 12.2 Å². The molecule has 0 aliphatic rings. The number of thioether (sulfide) groups is 1. The largest absolute Gasteiger partial charge is 0.360 e. The molecule has 0 unspecified atom stereocenters. The normalized spacial score (nSPS) is 10.7. The average Bonchev–Trinajstić information content (AvgIpc) is 2.49. The van der Waals surface area contributed by atoms with Gasteiger partial charge in [0.1, 0.15) is 6.73 Å². The average molecular weight is 306 g/mol. The van der Waals surface area contributed by atoms with E-state index in [2.05, 4.69) is 17.1 Å². The Labute approximate surface area is 127 Å². The lowest BCUT2D eigenvalue weighted by atomic mass is 10.2. The lowest BCUT2D eigenvalue weighted by molar-refractivity contribution is 0.0862. The molecule has 0 fully saturated rings. The van der Waals surface area contributed by atoms with Crippen LogP contribution in [0.3, 0.4) is 0 Å². The minimum absolute atomic E-state index is 0.155. The van der Waals surface area contributed by atoms with Crippen molar-refractivity contribution in [3.8, 4) is 0 Å². The number of hydrogen-bond donors (Lipinski definition) is 1. The van der Waals surface area contributed by atoms with Crippen LogP contribution in [-0.2, 0) is 17.2 Å². The topological polar surface area (TPSA) is 64.1 Å². The van der Waals surface area contributed by atoms with Crippen LogP contribution in [0.15, 0.2) is 46.1 Å². The van der Waals surface area contributed by atoms with Gasteiger partial charge in [-0.2, -0.15) is 11.8 Å². The number of ether oxygens (including phenoxy) is 1. The Morgan fingerprint density at radius 3 is 2.76 bits per heavy atom. The van der Waals surface area contributed by atoms with Gasteiger partial charge in [-0.05, 0) is 12.5 Å². The summed E-state index contributed by atoms with van der Waals surface area (Å²) in [4.78, 5) is 25.0. The van der Waals surface area contributed by atoms with Crippen LogP contribution in [-0.4, -0.2) is 21.9 Å². The summed E-state index contributed by atoms with van der Waals surface area (Å²) in [5.41, 5.74) is 0.990. The van der Waals surface area contributed by atoms with Crippen molar-refractivity contribution in [2.24, 2.45) is 0 Å². The number of nitrogens with zero attached hydrogens (tertiary/aromatic N) is 1. The summed E-state index contributed by atoms with van der Waals surface area (Å²) in [7, 11) is 0. The molecule has 0 amide bonds. The monoisotopic (exact) mass is 306 g/mol. The first-order valence-corrected chi connectivity index (χ1v) is 7.82. The fourth-order valence-electron chi connectivity index (χ4n) is 1.76. The Hall–Kier alpha value is -1.79. The van der Waals surface area contributed by atoms with E-state index in [1.165, 1.54) is 16.3 Å². The van der Waals surface area contributed by atoms with Crippen molar-refractivity contribution in [1.82, 2.24) is 9.55 Å². The molecular weight excluding hydrogens is 288 g/mol. The van der Waals surface area contributed by atoms with E-state index >= 15 is 0 Å². The van der Waals surface area contributed by atoms with Gasteiger partial charge in [-0.25, -0.2) is 4.79 Å². The van der Waals surface area contributed by atoms with Gasteiger partial charge in [0.2, 0.25) is 0 Å². The van der Waals surface area contributed by atoms with Crippen molar-refractivity contribution in [3.63, 3.8) is 0 Å². The van der Waals surface area contributed by atoms with Crippen LogP contribution in [0.4, 0.5) is 0 Å². The number of H-pyrrole nitrogens is 1. The van der Waals surface area contributed by atoms with Crippen molar-refractivity contribution in [1.29, 1.82) is 0 Å². The smallest absolute Gasteiger partial charge is 0.330 e. The summed E-state index contributed by atoms with van der Waals surface area (Å²) in [6.45, 7) is 2.37. The third-order valence-electron chi connectivity index (χ3n) is 2.90. The minimum atomic E-state index is -0.442. The molecule has 2 aromatic rings. The highest BCUT2D eigenvalue weighted by molar-refractivity contribution is 7.98. The maximum atomic E-state index is 11.5. The van der Waals surface area contributed by atoms with E-state index in [0.717, 1.165) is 11.5 Å². The van der Waals surface area contributed by atoms with Gasteiger partial charge < -0.3 is 4.74 Å². The zero-order valence-corrected chi connectivity index (χ0v) is 12.7. The summed E-state index contributed by atoms with van der Waals surface area (Å²) in [6.07, 6.45) is 1.51. The molecule has 0 aliphatic heterocycles. The third kappa shape index (κ3) is 4.91. The van der Waals surface area contributed by atoms with Gasteiger partial charge in [0.25, 0.3) is 5.56 Å². The fraction of sp³-hybridized carbons (Fsp3) is 0.333. The van der Waals surface area contributed by atoms with Gasteiger partial charge in [0.15, 0.2) is 0 Å². The summed E-state index contributed by atoms with van der Waals surface area (Å²) in [6, 6.07) is 10.2. The number of aromatic nitrogens is 2. The van der Waals surface area contributed by atoms with Crippen LogP contribution in [0.1, 0.15) is 11.1 Å². The van der Waals surface area contributed by atoms with Crippen molar-refractivity contribution >= 4 is 11.8 Å². The van der Waals surface area contributed by atoms with Gasteiger partial charge in [-0.15, -0.1) is 0 Å². The van der Waals surface area contributed by atoms with E-state index < -0.39 is 5.69 Å². The molecule has 2 rings (SSSR count). The Morgan fingerprint density at radius 2 is 2.00 bits per heavy atom. The van der Waals surface area contributed by atoms with Crippen LogP contribution < -0.4 is 11.2 Å². The highest BCUT2D eigenvalue weighted by atomic mass is 32.2. The second-order valence-corrected chi connectivity index (χ2v) is 5.72. The van der Waals surface area contributed by atoms with Crippen LogP contribution in [0, 0.1) is 6.92 Å².